The molecule has 0 saturated carbocycles. The summed E-state index contributed by atoms with van der Waals surface area (Å²) in [5.74, 6) is 0. The summed E-state index contributed by atoms with van der Waals surface area (Å²) in [6.45, 7) is 1.54. The summed E-state index contributed by atoms with van der Waals surface area (Å²) in [5, 5.41) is 3.29. The van der Waals surface area contributed by atoms with Gasteiger partial charge in [0, 0.05) is 18.8 Å². The summed E-state index contributed by atoms with van der Waals surface area (Å²) in [4.78, 5) is 0. The smallest absolute Gasteiger partial charge is 0.0416 e. The van der Waals surface area contributed by atoms with Gasteiger partial charge in [-0.1, -0.05) is 18.2 Å². The van der Waals surface area contributed by atoms with Crippen molar-refractivity contribution in [1.82, 2.24) is 0 Å². The van der Waals surface area contributed by atoms with Crippen LogP contribution >= 0.6 is 0 Å². The van der Waals surface area contributed by atoms with E-state index >= 15 is 0 Å². The first-order chi connectivity index (χ1) is 5.90. The highest BCUT2D eigenvalue weighted by Crippen LogP contribution is 2.21. The molecule has 0 radical (unpaired) electrons. The zero-order valence-electron chi connectivity index (χ0n) is 6.88. The van der Waals surface area contributed by atoms with Gasteiger partial charge in [0.05, 0.1) is 0 Å². The van der Waals surface area contributed by atoms with Crippen molar-refractivity contribution in [2.24, 2.45) is 5.73 Å². The zero-order valence-corrected chi connectivity index (χ0v) is 6.88. The van der Waals surface area contributed by atoms with Crippen LogP contribution in [0.4, 0.5) is 5.69 Å². The average Bonchev–Trinajstić information content (AvgIpc) is 2.17. The van der Waals surface area contributed by atoms with Crippen molar-refractivity contribution in [2.45, 2.75) is 6.54 Å². The Hall–Kier alpha value is -1.28. The van der Waals surface area contributed by atoms with Gasteiger partial charge in [-0.3, -0.25) is 0 Å². The molecule has 0 spiro atoms. The molecule has 0 aromatic heterocycles. The van der Waals surface area contributed by atoms with Gasteiger partial charge >= 0.3 is 0 Å². The van der Waals surface area contributed by atoms with Crippen molar-refractivity contribution in [2.75, 3.05) is 11.9 Å². The maximum atomic E-state index is 5.54. The van der Waals surface area contributed by atoms with E-state index in [0.29, 0.717) is 6.54 Å². The van der Waals surface area contributed by atoms with E-state index in [9.17, 15) is 0 Å². The Kier molecular flexibility index (Phi) is 1.84. The Balaban J connectivity index is 2.44. The van der Waals surface area contributed by atoms with Crippen LogP contribution < -0.4 is 11.1 Å². The fourth-order valence-electron chi connectivity index (χ4n) is 1.39. The number of nitrogens with one attached hydrogen (secondary N) is 1. The normalized spacial score (nSPS) is 13.8. The maximum Gasteiger partial charge on any atom is 0.0416 e. The van der Waals surface area contributed by atoms with Gasteiger partial charge in [0.2, 0.25) is 0 Å². The molecule has 2 nitrogen and oxygen atoms in total. The topological polar surface area (TPSA) is 38.0 Å². The van der Waals surface area contributed by atoms with Gasteiger partial charge in [-0.05, 0) is 23.3 Å². The molecule has 3 N–H and O–H groups in total. The van der Waals surface area contributed by atoms with Crippen molar-refractivity contribution in [3.05, 3.63) is 35.4 Å². The van der Waals surface area contributed by atoms with E-state index in [1.165, 1.54) is 16.8 Å². The van der Waals surface area contributed by atoms with Crippen LogP contribution in [-0.2, 0) is 6.54 Å². The highest BCUT2D eigenvalue weighted by Gasteiger charge is 2.02. The average molecular weight is 160 g/mol. The quantitative estimate of drug-likeness (QED) is 0.654. The molecule has 62 valence electrons. The monoisotopic (exact) mass is 160 g/mol. The number of nitrogens with two attached hydrogens (primary N) is 1. The lowest BCUT2D eigenvalue weighted by Crippen LogP contribution is -2.05. The van der Waals surface area contributed by atoms with Gasteiger partial charge in [0.25, 0.3) is 0 Å². The third-order valence-corrected chi connectivity index (χ3v) is 2.06. The van der Waals surface area contributed by atoms with Crippen LogP contribution in [0.1, 0.15) is 11.1 Å². The first-order valence-electron chi connectivity index (χ1n) is 4.13. The molecule has 1 heterocycles. The van der Waals surface area contributed by atoms with E-state index in [4.69, 9.17) is 5.73 Å². The number of anilines is 1. The molecule has 0 fully saturated rings. The Bertz CT molecular complexity index is 316. The molecular formula is C10H12N2. The number of hydrogen-bond donors (Lipinski definition) is 2. The van der Waals surface area contributed by atoms with Crippen molar-refractivity contribution in [1.29, 1.82) is 0 Å². The Morgan fingerprint density at radius 2 is 2.33 bits per heavy atom. The summed E-state index contributed by atoms with van der Waals surface area (Å²) >= 11 is 0. The van der Waals surface area contributed by atoms with Crippen LogP contribution in [0.5, 0.6) is 0 Å². The summed E-state index contributed by atoms with van der Waals surface area (Å²) in [7, 11) is 0. The molecule has 0 amide bonds. The lowest BCUT2D eigenvalue weighted by Gasteiger charge is -2.13. The minimum Gasteiger partial charge on any atom is -0.381 e. The summed E-state index contributed by atoms with van der Waals surface area (Å²) < 4.78 is 0. The third kappa shape index (κ3) is 1.21. The van der Waals surface area contributed by atoms with E-state index < -0.39 is 0 Å². The molecular weight excluding hydrogens is 148 g/mol. The Labute approximate surface area is 72.1 Å². The minimum absolute atomic E-state index is 0.612. The second-order valence-electron chi connectivity index (χ2n) is 2.91. The molecule has 0 saturated heterocycles. The summed E-state index contributed by atoms with van der Waals surface area (Å²) in [6, 6.07) is 6.27. The fraction of sp³-hybridized carbons (Fsp3) is 0.200. The van der Waals surface area contributed by atoms with Gasteiger partial charge in [-0.25, -0.2) is 0 Å². The zero-order chi connectivity index (χ0) is 8.39. The van der Waals surface area contributed by atoms with Crippen LogP contribution in [0, 0.1) is 0 Å². The molecule has 1 aliphatic heterocycles. The van der Waals surface area contributed by atoms with Gasteiger partial charge in [-0.2, -0.15) is 0 Å². The van der Waals surface area contributed by atoms with E-state index in [1.54, 1.807) is 0 Å². The molecule has 1 aromatic rings. The second-order valence-corrected chi connectivity index (χ2v) is 2.91. The highest BCUT2D eigenvalue weighted by molar-refractivity contribution is 5.70. The first-order valence-corrected chi connectivity index (χ1v) is 4.13. The Morgan fingerprint density at radius 1 is 1.42 bits per heavy atom. The van der Waals surface area contributed by atoms with Gasteiger partial charge < -0.3 is 11.1 Å². The molecule has 1 aliphatic rings. The first kappa shape index (κ1) is 7.37. The van der Waals surface area contributed by atoms with Crippen molar-refractivity contribution < 1.29 is 0 Å². The second kappa shape index (κ2) is 2.99. The van der Waals surface area contributed by atoms with Crippen LogP contribution in [0.25, 0.3) is 6.08 Å². The van der Waals surface area contributed by atoms with Crippen molar-refractivity contribution in [3.63, 3.8) is 0 Å². The summed E-state index contributed by atoms with van der Waals surface area (Å²) in [5.41, 5.74) is 9.16. The number of fused-ring (bicyclic) bond motifs is 1. The SMILES string of the molecule is NCc1ccc2c(c1)C=CCN2. The van der Waals surface area contributed by atoms with Crippen molar-refractivity contribution in [3.8, 4) is 0 Å². The molecule has 2 heteroatoms. The van der Waals surface area contributed by atoms with E-state index in [0.717, 1.165) is 6.54 Å². The molecule has 0 bridgehead atoms. The predicted octanol–water partition coefficient (Wildman–Crippen LogP) is 1.58. The van der Waals surface area contributed by atoms with Crippen LogP contribution in [0.3, 0.4) is 0 Å². The lowest BCUT2D eigenvalue weighted by molar-refractivity contribution is 1.07. The van der Waals surface area contributed by atoms with Crippen LogP contribution in [-0.4, -0.2) is 6.54 Å². The fourth-order valence-corrected chi connectivity index (χ4v) is 1.39. The molecule has 0 aliphatic carbocycles. The molecule has 0 atom stereocenters. The molecule has 1 aromatic carbocycles. The number of hydrogen-bond acceptors (Lipinski definition) is 2. The van der Waals surface area contributed by atoms with E-state index in [1.807, 2.05) is 0 Å². The maximum absolute atomic E-state index is 5.54. The van der Waals surface area contributed by atoms with E-state index in [2.05, 4.69) is 35.7 Å². The van der Waals surface area contributed by atoms with Gasteiger partial charge in [-0.15, -0.1) is 0 Å². The number of rotatable bonds is 1. The standard InChI is InChI=1S/C10H12N2/c11-7-8-3-4-10-9(6-8)2-1-5-12-10/h1-4,6,12H,5,7,11H2. The van der Waals surface area contributed by atoms with Gasteiger partial charge in [0.1, 0.15) is 0 Å². The predicted molar refractivity (Wildman–Crippen MR) is 51.9 cm³/mol. The lowest BCUT2D eigenvalue weighted by atomic mass is 10.1. The molecule has 2 rings (SSSR count). The van der Waals surface area contributed by atoms with Crippen LogP contribution in [0.2, 0.25) is 0 Å². The van der Waals surface area contributed by atoms with Crippen LogP contribution in [0.15, 0.2) is 24.3 Å². The van der Waals surface area contributed by atoms with Crippen molar-refractivity contribution >= 4 is 11.8 Å². The molecule has 0 unspecified atom stereocenters. The highest BCUT2D eigenvalue weighted by atomic mass is 14.9. The minimum atomic E-state index is 0.612. The Morgan fingerprint density at radius 3 is 3.17 bits per heavy atom. The largest absolute Gasteiger partial charge is 0.381 e. The van der Waals surface area contributed by atoms with E-state index in [-0.39, 0.29) is 0 Å². The molecule has 12 heavy (non-hydrogen) atoms. The summed E-state index contributed by atoms with van der Waals surface area (Å²) in [6.07, 6.45) is 4.24. The van der Waals surface area contributed by atoms with Gasteiger partial charge in [0.15, 0.2) is 0 Å². The number of benzene rings is 1. The third-order valence-electron chi connectivity index (χ3n) is 2.06.